The number of carboxylic acids is 1. The fourth-order valence-corrected chi connectivity index (χ4v) is 2.94. The molecule has 1 N–H and O–H groups in total. The van der Waals surface area contributed by atoms with Crippen molar-refractivity contribution < 1.29 is 19.0 Å². The predicted octanol–water partition coefficient (Wildman–Crippen LogP) is 3.15. The summed E-state index contributed by atoms with van der Waals surface area (Å²) in [5, 5.41) is 8.95. The second kappa shape index (κ2) is 6.54. The van der Waals surface area contributed by atoms with E-state index < -0.39 is 11.8 Å². The van der Waals surface area contributed by atoms with E-state index in [4.69, 9.17) is 9.84 Å². The van der Waals surface area contributed by atoms with Crippen molar-refractivity contribution in [3.63, 3.8) is 0 Å². The number of nitrogens with zero attached hydrogens (tertiary/aromatic N) is 1. The number of carboxylic acid groups (broad SMARTS) is 1. The minimum atomic E-state index is -1.15. The molecular formula is C14H17BrFNO3. The van der Waals surface area contributed by atoms with Gasteiger partial charge in [-0.05, 0) is 46.8 Å². The van der Waals surface area contributed by atoms with Crippen LogP contribution in [0.2, 0.25) is 0 Å². The molecule has 1 unspecified atom stereocenters. The van der Waals surface area contributed by atoms with Crippen molar-refractivity contribution in [3.8, 4) is 0 Å². The van der Waals surface area contributed by atoms with Crippen LogP contribution in [0.5, 0.6) is 0 Å². The highest BCUT2D eigenvalue weighted by Crippen LogP contribution is 2.30. The van der Waals surface area contributed by atoms with Gasteiger partial charge in [-0.25, -0.2) is 9.18 Å². The second-order valence-corrected chi connectivity index (χ2v) is 5.82. The highest BCUT2D eigenvalue weighted by atomic mass is 79.9. The van der Waals surface area contributed by atoms with Crippen LogP contribution in [0.25, 0.3) is 0 Å². The van der Waals surface area contributed by atoms with Gasteiger partial charge in [0.25, 0.3) is 0 Å². The lowest BCUT2D eigenvalue weighted by Gasteiger charge is -2.28. The first-order chi connectivity index (χ1) is 9.50. The molecule has 110 valence electrons. The van der Waals surface area contributed by atoms with E-state index in [0.29, 0.717) is 24.8 Å². The Hall–Kier alpha value is -1.14. The summed E-state index contributed by atoms with van der Waals surface area (Å²) in [7, 11) is 1.81. The number of carbonyl (C=O) groups is 1. The molecule has 0 aromatic heterocycles. The van der Waals surface area contributed by atoms with Crippen molar-refractivity contribution in [3.05, 3.63) is 28.0 Å². The third-order valence-corrected chi connectivity index (χ3v) is 4.27. The first-order valence-electron chi connectivity index (χ1n) is 6.51. The summed E-state index contributed by atoms with van der Waals surface area (Å²) in [5.41, 5.74) is 0.327. The fourth-order valence-electron chi connectivity index (χ4n) is 2.44. The largest absolute Gasteiger partial charge is 0.478 e. The van der Waals surface area contributed by atoms with Gasteiger partial charge < -0.3 is 14.7 Å². The van der Waals surface area contributed by atoms with Gasteiger partial charge >= 0.3 is 5.97 Å². The number of anilines is 1. The summed E-state index contributed by atoms with van der Waals surface area (Å²) < 4.78 is 19.7. The molecule has 0 bridgehead atoms. The van der Waals surface area contributed by atoms with Gasteiger partial charge in [-0.2, -0.15) is 0 Å². The van der Waals surface area contributed by atoms with Crippen LogP contribution in [0, 0.1) is 11.7 Å². The van der Waals surface area contributed by atoms with Gasteiger partial charge in [-0.1, -0.05) is 0 Å². The van der Waals surface area contributed by atoms with Gasteiger partial charge in [-0.15, -0.1) is 0 Å². The van der Waals surface area contributed by atoms with Crippen molar-refractivity contribution >= 4 is 27.6 Å². The number of rotatable bonds is 4. The quantitative estimate of drug-likeness (QED) is 0.910. The summed E-state index contributed by atoms with van der Waals surface area (Å²) in [5.74, 6) is -1.30. The molecule has 1 aliphatic rings. The first-order valence-corrected chi connectivity index (χ1v) is 7.30. The Labute approximate surface area is 125 Å². The molecule has 4 nitrogen and oxygen atoms in total. The minimum Gasteiger partial charge on any atom is -0.478 e. The van der Waals surface area contributed by atoms with Crippen LogP contribution in [0.4, 0.5) is 10.1 Å². The number of hydrogen-bond donors (Lipinski definition) is 1. The van der Waals surface area contributed by atoms with E-state index in [-0.39, 0.29) is 10.0 Å². The normalized spacial score (nSPS) is 18.9. The molecule has 0 radical (unpaired) electrons. The van der Waals surface area contributed by atoms with Crippen LogP contribution >= 0.6 is 15.9 Å². The molecule has 6 heteroatoms. The number of ether oxygens (including phenoxy) is 1. The Morgan fingerprint density at radius 3 is 2.95 bits per heavy atom. The topological polar surface area (TPSA) is 49.8 Å². The van der Waals surface area contributed by atoms with Gasteiger partial charge in [0.05, 0.1) is 22.3 Å². The zero-order chi connectivity index (χ0) is 14.7. The maximum atomic E-state index is 14.2. The van der Waals surface area contributed by atoms with Gasteiger partial charge in [0.1, 0.15) is 0 Å². The Balaban J connectivity index is 2.15. The molecule has 1 aromatic carbocycles. The van der Waals surface area contributed by atoms with Crippen LogP contribution in [0.15, 0.2) is 16.6 Å². The average molecular weight is 346 g/mol. The Morgan fingerprint density at radius 2 is 2.35 bits per heavy atom. The number of benzene rings is 1. The fraction of sp³-hybridized carbons (Fsp3) is 0.500. The van der Waals surface area contributed by atoms with Crippen molar-refractivity contribution in [2.45, 2.75) is 12.8 Å². The smallest absolute Gasteiger partial charge is 0.336 e. The zero-order valence-electron chi connectivity index (χ0n) is 11.2. The molecule has 1 aromatic rings. The summed E-state index contributed by atoms with van der Waals surface area (Å²) in [6.07, 6.45) is 2.10. The van der Waals surface area contributed by atoms with Crippen LogP contribution in [0.3, 0.4) is 0 Å². The molecule has 1 aliphatic heterocycles. The molecule has 0 saturated carbocycles. The molecule has 0 spiro atoms. The van der Waals surface area contributed by atoms with Gasteiger partial charge in [0.15, 0.2) is 5.82 Å². The summed E-state index contributed by atoms with van der Waals surface area (Å²) in [6.45, 7) is 2.18. The number of hydrogen-bond acceptors (Lipinski definition) is 3. The first kappa shape index (κ1) is 15.3. The SMILES string of the molecule is CN(CC1CCCOC1)c1ccc(C(=O)O)c(Br)c1F. The lowest BCUT2D eigenvalue weighted by atomic mass is 10.0. The van der Waals surface area contributed by atoms with E-state index in [1.807, 2.05) is 4.90 Å². The Kier molecular flexibility index (Phi) is 4.99. The molecule has 1 atom stereocenters. The van der Waals surface area contributed by atoms with Crippen LogP contribution in [-0.2, 0) is 4.74 Å². The summed E-state index contributed by atoms with van der Waals surface area (Å²) in [6, 6.07) is 2.92. The molecule has 1 fully saturated rings. The minimum absolute atomic E-state index is 0.00533. The molecule has 2 rings (SSSR count). The molecular weight excluding hydrogens is 329 g/mol. The third-order valence-electron chi connectivity index (χ3n) is 3.49. The zero-order valence-corrected chi connectivity index (χ0v) is 12.8. The second-order valence-electron chi connectivity index (χ2n) is 5.03. The number of halogens is 2. The number of aromatic carboxylic acids is 1. The molecule has 20 heavy (non-hydrogen) atoms. The van der Waals surface area contributed by atoms with Crippen molar-refractivity contribution in [1.29, 1.82) is 0 Å². The van der Waals surface area contributed by atoms with Crippen LogP contribution in [-0.4, -0.2) is 37.9 Å². The third kappa shape index (κ3) is 3.30. The van der Waals surface area contributed by atoms with E-state index in [1.165, 1.54) is 12.1 Å². The maximum Gasteiger partial charge on any atom is 0.336 e. The Morgan fingerprint density at radius 1 is 1.60 bits per heavy atom. The van der Waals surface area contributed by atoms with Crippen LogP contribution in [0.1, 0.15) is 23.2 Å². The maximum absolute atomic E-state index is 14.2. The lowest BCUT2D eigenvalue weighted by molar-refractivity contribution is 0.0576. The van der Waals surface area contributed by atoms with Crippen molar-refractivity contribution in [2.24, 2.45) is 5.92 Å². The predicted molar refractivity (Wildman–Crippen MR) is 77.9 cm³/mol. The van der Waals surface area contributed by atoms with Crippen molar-refractivity contribution in [2.75, 3.05) is 31.7 Å². The van der Waals surface area contributed by atoms with E-state index in [0.717, 1.165) is 19.4 Å². The summed E-state index contributed by atoms with van der Waals surface area (Å²) in [4.78, 5) is 12.8. The highest BCUT2D eigenvalue weighted by molar-refractivity contribution is 9.10. The standard InChI is InChI=1S/C14H17BrFNO3/c1-17(7-9-3-2-6-20-8-9)11-5-4-10(14(18)19)12(15)13(11)16/h4-5,9H,2-3,6-8H2,1H3,(H,18,19). The van der Waals surface area contributed by atoms with E-state index in [1.54, 1.807) is 7.05 Å². The molecule has 1 saturated heterocycles. The highest BCUT2D eigenvalue weighted by Gasteiger charge is 2.21. The average Bonchev–Trinajstić information content (AvgIpc) is 2.42. The van der Waals surface area contributed by atoms with Gasteiger partial charge in [-0.3, -0.25) is 0 Å². The molecule has 0 aliphatic carbocycles. The van der Waals surface area contributed by atoms with Crippen LogP contribution < -0.4 is 4.90 Å². The van der Waals surface area contributed by atoms with E-state index >= 15 is 0 Å². The lowest BCUT2D eigenvalue weighted by Crippen LogP contribution is -2.31. The molecule has 0 amide bonds. The van der Waals surface area contributed by atoms with E-state index in [9.17, 15) is 9.18 Å². The van der Waals surface area contributed by atoms with Crippen molar-refractivity contribution in [1.82, 2.24) is 0 Å². The Bertz CT molecular complexity index is 503. The van der Waals surface area contributed by atoms with E-state index in [2.05, 4.69) is 15.9 Å². The van der Waals surface area contributed by atoms with Gasteiger partial charge in [0, 0.05) is 20.2 Å². The summed E-state index contributed by atoms with van der Waals surface area (Å²) >= 11 is 3.02. The van der Waals surface area contributed by atoms with Gasteiger partial charge in [0.2, 0.25) is 0 Å². The monoisotopic (exact) mass is 345 g/mol. The molecule has 1 heterocycles.